The van der Waals surface area contributed by atoms with Crippen LogP contribution in [-0.2, 0) is 9.53 Å². The Hall–Kier alpha value is -2.64. The molecule has 28 heavy (non-hydrogen) atoms. The average Bonchev–Trinajstić information content (AvgIpc) is 2.70. The highest BCUT2D eigenvalue weighted by molar-refractivity contribution is 5.93. The molecule has 1 aromatic carbocycles. The highest BCUT2D eigenvalue weighted by atomic mass is 16.6. The molecule has 1 amide bonds. The van der Waals surface area contributed by atoms with E-state index in [1.54, 1.807) is 19.0 Å². The Morgan fingerprint density at radius 3 is 2.64 bits per heavy atom. The number of amides is 1. The molecule has 1 saturated carbocycles. The molecule has 1 heterocycles. The van der Waals surface area contributed by atoms with Crippen molar-refractivity contribution in [2.75, 3.05) is 32.1 Å². The number of carbonyl (C=O) groups excluding carboxylic acids is 2. The van der Waals surface area contributed by atoms with Crippen LogP contribution in [0.1, 0.15) is 48.9 Å². The Kier molecular flexibility index (Phi) is 6.16. The van der Waals surface area contributed by atoms with Gasteiger partial charge >= 0.3 is 5.97 Å². The van der Waals surface area contributed by atoms with Crippen LogP contribution >= 0.6 is 0 Å². The first kappa shape index (κ1) is 20.1. The predicted molar refractivity (Wildman–Crippen MR) is 104 cm³/mol. The molecule has 0 aromatic heterocycles. The molecule has 0 N–H and O–H groups in total. The summed E-state index contributed by atoms with van der Waals surface area (Å²) in [5.74, 6) is -0.341. The minimum atomic E-state index is -0.723. The van der Waals surface area contributed by atoms with Crippen LogP contribution in [0.2, 0.25) is 0 Å². The third kappa shape index (κ3) is 4.26. The molecular weight excluding hydrogens is 362 g/mol. The number of carbonyl (C=O) groups is 2. The monoisotopic (exact) mass is 389 g/mol. The van der Waals surface area contributed by atoms with E-state index in [1.807, 2.05) is 4.90 Å². The molecule has 2 aliphatic rings. The molecule has 0 bridgehead atoms. The van der Waals surface area contributed by atoms with Gasteiger partial charge in [-0.1, -0.05) is 12.8 Å². The molecule has 8 heteroatoms. The summed E-state index contributed by atoms with van der Waals surface area (Å²) in [7, 11) is 3.38. The number of esters is 1. The normalized spacial score (nSPS) is 21.6. The molecule has 1 aliphatic heterocycles. The number of benzene rings is 1. The number of ether oxygens (including phenoxy) is 1. The molecular formula is C20H27N3O5. The number of nitrogens with zero attached hydrogens (tertiary/aromatic N) is 3. The first-order chi connectivity index (χ1) is 13.4. The van der Waals surface area contributed by atoms with E-state index in [4.69, 9.17) is 4.74 Å². The number of hydrogen-bond acceptors (Lipinski definition) is 6. The number of nitro groups is 1. The zero-order valence-corrected chi connectivity index (χ0v) is 16.4. The Labute approximate surface area is 164 Å². The number of hydrogen-bond donors (Lipinski definition) is 0. The number of anilines is 1. The molecule has 2 fully saturated rings. The van der Waals surface area contributed by atoms with Gasteiger partial charge in [0.25, 0.3) is 11.6 Å². The third-order valence-electron chi connectivity index (χ3n) is 5.78. The van der Waals surface area contributed by atoms with Crippen molar-refractivity contribution in [3.05, 3.63) is 33.9 Å². The molecule has 3 rings (SSSR count). The average molecular weight is 389 g/mol. The smallest absolute Gasteiger partial charge is 0.338 e. The zero-order valence-electron chi connectivity index (χ0n) is 16.4. The van der Waals surface area contributed by atoms with Crippen LogP contribution in [0.3, 0.4) is 0 Å². The maximum absolute atomic E-state index is 12.6. The molecule has 1 aliphatic carbocycles. The van der Waals surface area contributed by atoms with Crippen LogP contribution in [0.5, 0.6) is 0 Å². The first-order valence-corrected chi connectivity index (χ1v) is 9.81. The summed E-state index contributed by atoms with van der Waals surface area (Å²) in [4.78, 5) is 39.2. The van der Waals surface area contributed by atoms with Gasteiger partial charge in [-0.2, -0.15) is 0 Å². The van der Waals surface area contributed by atoms with E-state index >= 15 is 0 Å². The van der Waals surface area contributed by atoms with E-state index < -0.39 is 10.9 Å². The number of fused-ring (bicyclic) bond motifs is 1. The lowest BCUT2D eigenvalue weighted by atomic mass is 9.78. The van der Waals surface area contributed by atoms with Gasteiger partial charge in [0.15, 0.2) is 6.61 Å². The minimum absolute atomic E-state index is 0.0688. The van der Waals surface area contributed by atoms with E-state index in [1.165, 1.54) is 24.6 Å². The molecule has 1 aromatic rings. The van der Waals surface area contributed by atoms with Crippen LogP contribution in [0.25, 0.3) is 0 Å². The van der Waals surface area contributed by atoms with Gasteiger partial charge in [-0.05, 0) is 43.7 Å². The van der Waals surface area contributed by atoms with Crippen LogP contribution in [0.15, 0.2) is 18.2 Å². The zero-order chi connectivity index (χ0) is 20.3. The van der Waals surface area contributed by atoms with E-state index in [0.717, 1.165) is 32.1 Å². The van der Waals surface area contributed by atoms with Crippen LogP contribution in [-0.4, -0.2) is 55.0 Å². The van der Waals surface area contributed by atoms with Gasteiger partial charge in [-0.15, -0.1) is 0 Å². The fourth-order valence-corrected chi connectivity index (χ4v) is 4.40. The number of nitro benzene ring substituents is 1. The number of piperidine rings is 1. The largest absolute Gasteiger partial charge is 0.452 e. The van der Waals surface area contributed by atoms with Crippen molar-refractivity contribution in [1.29, 1.82) is 0 Å². The Morgan fingerprint density at radius 1 is 1.21 bits per heavy atom. The number of rotatable bonds is 5. The highest BCUT2D eigenvalue weighted by Gasteiger charge is 2.35. The summed E-state index contributed by atoms with van der Waals surface area (Å²) in [5.41, 5.74) is 0.292. The molecule has 1 saturated heterocycles. The molecule has 0 spiro atoms. The SMILES string of the molecule is CN(C)c1ccc(C(=O)OCC(=O)N2CCC[C@@H]3CCCC[C@@H]32)cc1[N+](=O)[O-]. The first-order valence-electron chi connectivity index (χ1n) is 9.81. The van der Waals surface area contributed by atoms with Crippen LogP contribution < -0.4 is 4.90 Å². The van der Waals surface area contributed by atoms with Gasteiger partial charge in [0.05, 0.1) is 10.5 Å². The van der Waals surface area contributed by atoms with Gasteiger partial charge in [0.2, 0.25) is 0 Å². The fourth-order valence-electron chi connectivity index (χ4n) is 4.40. The lowest BCUT2D eigenvalue weighted by Gasteiger charge is -2.44. The summed E-state index contributed by atoms with van der Waals surface area (Å²) in [6, 6.07) is 4.44. The van der Waals surface area contributed by atoms with E-state index in [9.17, 15) is 19.7 Å². The maximum Gasteiger partial charge on any atom is 0.338 e. The number of likely N-dealkylation sites (tertiary alicyclic amines) is 1. The van der Waals surface area contributed by atoms with Gasteiger partial charge in [-0.3, -0.25) is 14.9 Å². The van der Waals surface area contributed by atoms with Gasteiger partial charge in [-0.25, -0.2) is 4.79 Å². The summed E-state index contributed by atoms with van der Waals surface area (Å²) in [5, 5.41) is 11.3. The van der Waals surface area contributed by atoms with E-state index in [-0.39, 0.29) is 29.8 Å². The lowest BCUT2D eigenvalue weighted by Crippen LogP contribution is -2.50. The summed E-state index contributed by atoms with van der Waals surface area (Å²) in [6.07, 6.45) is 6.68. The summed E-state index contributed by atoms with van der Waals surface area (Å²) in [6.45, 7) is 0.381. The molecule has 152 valence electrons. The standard InChI is InChI=1S/C20H27N3O5/c1-21(2)17-10-9-15(12-18(17)23(26)27)20(25)28-13-19(24)22-11-5-7-14-6-3-4-8-16(14)22/h9-10,12,14,16H,3-8,11,13H2,1-2H3/t14-,16-/m0/s1. The highest BCUT2D eigenvalue weighted by Crippen LogP contribution is 2.35. The van der Waals surface area contributed by atoms with Crippen molar-refractivity contribution in [1.82, 2.24) is 4.90 Å². The van der Waals surface area contributed by atoms with Crippen molar-refractivity contribution < 1.29 is 19.2 Å². The Bertz CT molecular complexity index is 762. The molecule has 0 unspecified atom stereocenters. The summed E-state index contributed by atoms with van der Waals surface area (Å²) >= 11 is 0. The van der Waals surface area contributed by atoms with Crippen molar-refractivity contribution >= 4 is 23.3 Å². The molecule has 2 atom stereocenters. The van der Waals surface area contributed by atoms with E-state index in [0.29, 0.717) is 18.2 Å². The molecule has 0 radical (unpaired) electrons. The van der Waals surface area contributed by atoms with Gasteiger partial charge < -0.3 is 14.5 Å². The van der Waals surface area contributed by atoms with Crippen LogP contribution in [0.4, 0.5) is 11.4 Å². The van der Waals surface area contributed by atoms with E-state index in [2.05, 4.69) is 0 Å². The Morgan fingerprint density at radius 2 is 1.93 bits per heavy atom. The van der Waals surface area contributed by atoms with Crippen molar-refractivity contribution in [3.63, 3.8) is 0 Å². The lowest BCUT2D eigenvalue weighted by molar-refractivity contribution is -0.384. The van der Waals surface area contributed by atoms with Crippen molar-refractivity contribution in [3.8, 4) is 0 Å². The summed E-state index contributed by atoms with van der Waals surface area (Å²) < 4.78 is 5.19. The van der Waals surface area contributed by atoms with Crippen molar-refractivity contribution in [2.45, 2.75) is 44.6 Å². The Balaban J connectivity index is 1.64. The van der Waals surface area contributed by atoms with Crippen LogP contribution in [0, 0.1) is 16.0 Å². The van der Waals surface area contributed by atoms with Gasteiger partial charge in [0, 0.05) is 32.7 Å². The quantitative estimate of drug-likeness (QED) is 0.437. The minimum Gasteiger partial charge on any atom is -0.452 e. The van der Waals surface area contributed by atoms with Crippen molar-refractivity contribution in [2.24, 2.45) is 5.92 Å². The third-order valence-corrected chi connectivity index (χ3v) is 5.78. The second-order valence-corrected chi connectivity index (χ2v) is 7.77. The topological polar surface area (TPSA) is 93.0 Å². The second-order valence-electron chi connectivity index (χ2n) is 7.77. The fraction of sp³-hybridized carbons (Fsp3) is 0.600. The van der Waals surface area contributed by atoms with Gasteiger partial charge in [0.1, 0.15) is 5.69 Å². The predicted octanol–water partition coefficient (Wildman–Crippen LogP) is 3.00. The second kappa shape index (κ2) is 8.58. The maximum atomic E-state index is 12.6. The molecule has 8 nitrogen and oxygen atoms in total.